The number of methoxy groups -OCH3 is 1. The molecule has 11 heteroatoms. The lowest BCUT2D eigenvalue weighted by Gasteiger charge is -2.19. The Morgan fingerprint density at radius 3 is 2.32 bits per heavy atom. The minimum atomic E-state index is -3.81. The highest BCUT2D eigenvalue weighted by molar-refractivity contribution is 6.44. The molecule has 2 aromatic rings. The smallest absolute Gasteiger partial charge is 0.428 e. The maximum absolute atomic E-state index is 13.5. The molecular weight excluding hydrogens is 460 g/mol. The Bertz CT molecular complexity index is 874. The summed E-state index contributed by atoms with van der Waals surface area (Å²) in [4.78, 5) is 13.9. The molecule has 1 N–H and O–H groups in total. The second-order valence-corrected chi connectivity index (χ2v) is 7.05. The number of benzene rings is 2. The van der Waals surface area contributed by atoms with Gasteiger partial charge in [-0.05, 0) is 24.3 Å². The van der Waals surface area contributed by atoms with Gasteiger partial charge in [-0.1, -0.05) is 58.5 Å². The van der Waals surface area contributed by atoms with Crippen molar-refractivity contribution in [1.82, 2.24) is 0 Å². The molecule has 0 atom stereocenters. The molecule has 5 nitrogen and oxygen atoms in total. The van der Waals surface area contributed by atoms with Gasteiger partial charge in [-0.15, -0.1) is 0 Å². The second kappa shape index (κ2) is 9.60. The zero-order valence-corrected chi connectivity index (χ0v) is 17.1. The average Bonchev–Trinajstić information content (AvgIpc) is 2.60. The molecular formula is C17H12Cl4F2N2O3. The normalized spacial score (nSPS) is 12.1. The lowest BCUT2D eigenvalue weighted by molar-refractivity contribution is -0.163. The van der Waals surface area contributed by atoms with Crippen molar-refractivity contribution in [3.05, 3.63) is 58.1 Å². The van der Waals surface area contributed by atoms with E-state index in [1.807, 2.05) is 0 Å². The average molecular weight is 472 g/mol. The summed E-state index contributed by atoms with van der Waals surface area (Å²) in [5.41, 5.74) is 0.360. The molecule has 28 heavy (non-hydrogen) atoms. The highest BCUT2D eigenvalue weighted by atomic mass is 35.5. The van der Waals surface area contributed by atoms with Crippen molar-refractivity contribution in [2.45, 2.75) is 10.9 Å². The maximum Gasteiger partial charge on any atom is 0.428 e. The van der Waals surface area contributed by atoms with E-state index in [0.29, 0.717) is 0 Å². The minimum absolute atomic E-state index is 0.126. The van der Waals surface area contributed by atoms with Gasteiger partial charge >= 0.3 is 12.1 Å². The third kappa shape index (κ3) is 5.85. The van der Waals surface area contributed by atoms with Crippen LogP contribution in [0.2, 0.25) is 10.0 Å². The number of anilines is 1. The van der Waals surface area contributed by atoms with Crippen molar-refractivity contribution in [1.29, 1.82) is 0 Å². The van der Waals surface area contributed by atoms with Gasteiger partial charge < -0.3 is 14.8 Å². The van der Waals surface area contributed by atoms with E-state index in [4.69, 9.17) is 51.1 Å². The molecule has 0 spiro atoms. The molecule has 0 saturated heterocycles. The number of carbonyl (C=O) groups excluding carboxylic acids is 1. The van der Waals surface area contributed by atoms with Gasteiger partial charge in [0.15, 0.2) is 0 Å². The summed E-state index contributed by atoms with van der Waals surface area (Å²) in [5.74, 6) is -0.390. The molecule has 0 aliphatic carbocycles. The molecule has 0 aliphatic rings. The number of urea groups is 1. The van der Waals surface area contributed by atoms with Gasteiger partial charge in [-0.25, -0.2) is 4.79 Å². The van der Waals surface area contributed by atoms with Crippen molar-refractivity contribution < 1.29 is 23.0 Å². The number of aliphatic imine (C=N–C) groups is 1. The molecule has 0 fully saturated rings. The fraction of sp³-hybridized carbons (Fsp3) is 0.176. The summed E-state index contributed by atoms with van der Waals surface area (Å²) in [6.07, 6.45) is -3.81. The van der Waals surface area contributed by atoms with Crippen LogP contribution in [0.15, 0.2) is 47.5 Å². The van der Waals surface area contributed by atoms with Gasteiger partial charge in [-0.2, -0.15) is 13.8 Å². The van der Waals surface area contributed by atoms with E-state index in [-0.39, 0.29) is 32.9 Å². The van der Waals surface area contributed by atoms with Crippen LogP contribution in [0.1, 0.15) is 5.56 Å². The fourth-order valence-corrected chi connectivity index (χ4v) is 2.64. The number of nitrogens with one attached hydrogen (secondary N) is 1. The predicted molar refractivity (Wildman–Crippen MR) is 107 cm³/mol. The molecule has 2 rings (SSSR count). The van der Waals surface area contributed by atoms with Crippen molar-refractivity contribution in [2.75, 3.05) is 12.4 Å². The quantitative estimate of drug-likeness (QED) is 0.312. The number of ether oxygens (including phenoxy) is 2. The van der Waals surface area contributed by atoms with Gasteiger partial charge in [0.05, 0.1) is 22.7 Å². The Labute approximate surface area is 179 Å². The van der Waals surface area contributed by atoms with Crippen LogP contribution in [0.5, 0.6) is 5.75 Å². The molecule has 0 heterocycles. The van der Waals surface area contributed by atoms with Crippen molar-refractivity contribution in [2.24, 2.45) is 4.99 Å². The zero-order chi connectivity index (χ0) is 20.9. The predicted octanol–water partition coefficient (Wildman–Crippen LogP) is 6.39. The first-order valence-electron chi connectivity index (χ1n) is 7.47. The number of hydrogen-bond donors (Lipinski definition) is 1. The van der Waals surface area contributed by atoms with Crippen LogP contribution < -0.4 is 10.1 Å². The van der Waals surface area contributed by atoms with Crippen molar-refractivity contribution in [3.63, 3.8) is 0 Å². The van der Waals surface area contributed by atoms with Gasteiger partial charge in [0.1, 0.15) is 5.75 Å². The SMILES string of the molecule is CO/C(=N\C(=O)Nc1cccc(OC(F)(F)C(Cl)Cl)c1)c1c(Cl)cccc1Cl. The molecule has 2 amide bonds. The topological polar surface area (TPSA) is 59.9 Å². The molecule has 0 radical (unpaired) electrons. The Kier molecular flexibility index (Phi) is 7.71. The second-order valence-electron chi connectivity index (χ2n) is 5.14. The molecule has 0 aliphatic heterocycles. The van der Waals surface area contributed by atoms with E-state index in [2.05, 4.69) is 15.0 Å². The van der Waals surface area contributed by atoms with E-state index in [0.717, 1.165) is 6.07 Å². The van der Waals surface area contributed by atoms with Gasteiger partial charge in [0.2, 0.25) is 10.7 Å². The Hall–Kier alpha value is -1.80. The molecule has 0 bridgehead atoms. The van der Waals surface area contributed by atoms with Crippen molar-refractivity contribution >= 4 is 64.0 Å². The maximum atomic E-state index is 13.5. The Balaban J connectivity index is 2.20. The van der Waals surface area contributed by atoms with Crippen LogP contribution in [0, 0.1) is 0 Å². The molecule has 0 aromatic heterocycles. The summed E-state index contributed by atoms with van der Waals surface area (Å²) in [6.45, 7) is 0. The minimum Gasteiger partial charge on any atom is -0.480 e. The van der Waals surface area contributed by atoms with E-state index < -0.39 is 17.0 Å². The van der Waals surface area contributed by atoms with Crippen LogP contribution in [-0.4, -0.2) is 30.0 Å². The van der Waals surface area contributed by atoms with Gasteiger partial charge in [-0.3, -0.25) is 0 Å². The lowest BCUT2D eigenvalue weighted by atomic mass is 10.2. The Morgan fingerprint density at radius 2 is 1.75 bits per heavy atom. The number of nitrogens with zero attached hydrogens (tertiary/aromatic N) is 1. The molecule has 2 aromatic carbocycles. The zero-order valence-electron chi connectivity index (χ0n) is 14.1. The molecule has 150 valence electrons. The number of carbonyl (C=O) groups is 1. The van der Waals surface area contributed by atoms with Crippen LogP contribution in [0.3, 0.4) is 0 Å². The Morgan fingerprint density at radius 1 is 1.14 bits per heavy atom. The number of amides is 2. The van der Waals surface area contributed by atoms with E-state index >= 15 is 0 Å². The van der Waals surface area contributed by atoms with Gasteiger partial charge in [0, 0.05) is 11.8 Å². The number of rotatable bonds is 5. The highest BCUT2D eigenvalue weighted by Gasteiger charge is 2.40. The first-order chi connectivity index (χ1) is 13.1. The third-order valence-corrected chi connectivity index (χ3v) is 4.30. The number of halogens is 6. The summed E-state index contributed by atoms with van der Waals surface area (Å²) in [5, 5.41) is 2.85. The van der Waals surface area contributed by atoms with Crippen LogP contribution in [-0.2, 0) is 4.74 Å². The number of hydrogen-bond acceptors (Lipinski definition) is 3. The van der Waals surface area contributed by atoms with Gasteiger partial charge in [0.25, 0.3) is 0 Å². The monoisotopic (exact) mass is 470 g/mol. The van der Waals surface area contributed by atoms with Crippen LogP contribution >= 0.6 is 46.4 Å². The molecule has 0 unspecified atom stereocenters. The first-order valence-corrected chi connectivity index (χ1v) is 9.10. The largest absolute Gasteiger partial charge is 0.480 e. The van der Waals surface area contributed by atoms with E-state index in [1.54, 1.807) is 18.2 Å². The standard InChI is InChI=1S/C17H12Cl4F2N2O3/c1-27-14(13-11(18)6-3-7-12(13)19)25-16(26)24-9-4-2-5-10(8-9)28-17(22,23)15(20)21/h2-8,15H,1H3,(H,24,26)/b25-14-. The summed E-state index contributed by atoms with van der Waals surface area (Å²) >= 11 is 22.5. The van der Waals surface area contributed by atoms with E-state index in [1.165, 1.54) is 25.3 Å². The highest BCUT2D eigenvalue weighted by Crippen LogP contribution is 2.31. The third-order valence-electron chi connectivity index (χ3n) is 3.17. The fourth-order valence-electron chi connectivity index (χ4n) is 1.99. The van der Waals surface area contributed by atoms with E-state index in [9.17, 15) is 13.6 Å². The summed E-state index contributed by atoms with van der Waals surface area (Å²) in [6, 6.07) is 9.07. The van der Waals surface area contributed by atoms with Crippen LogP contribution in [0.4, 0.5) is 19.3 Å². The molecule has 0 saturated carbocycles. The first kappa shape index (κ1) is 22.5. The summed E-state index contributed by atoms with van der Waals surface area (Å²) in [7, 11) is 1.29. The lowest BCUT2D eigenvalue weighted by Crippen LogP contribution is -2.32. The summed E-state index contributed by atoms with van der Waals surface area (Å²) < 4.78 is 36.5. The number of alkyl halides is 4. The van der Waals surface area contributed by atoms with Crippen LogP contribution in [0.25, 0.3) is 0 Å². The van der Waals surface area contributed by atoms with Crippen molar-refractivity contribution in [3.8, 4) is 5.75 Å².